The topological polar surface area (TPSA) is 69.4 Å². The van der Waals surface area contributed by atoms with Crippen molar-refractivity contribution in [3.63, 3.8) is 0 Å². The molecule has 0 aliphatic heterocycles. The number of hydrogen-bond donors (Lipinski definition) is 0. The van der Waals surface area contributed by atoms with Crippen LogP contribution in [0, 0.1) is 62.4 Å². The summed E-state index contributed by atoms with van der Waals surface area (Å²) >= 11 is 0. The summed E-state index contributed by atoms with van der Waals surface area (Å²) in [4.78, 5) is 24.0. The molecule has 4 rings (SSSR count). The van der Waals surface area contributed by atoms with Gasteiger partial charge in [-0.15, -0.1) is 0 Å². The molecular weight excluding hydrogens is 426 g/mol. The molecule has 5 heteroatoms. The second-order valence-corrected chi connectivity index (χ2v) is 13.6. The van der Waals surface area contributed by atoms with Crippen molar-refractivity contribution in [1.82, 2.24) is 0 Å². The highest BCUT2D eigenvalue weighted by Crippen LogP contribution is 2.68. The van der Waals surface area contributed by atoms with E-state index in [1.54, 1.807) is 0 Å². The molecule has 4 fully saturated rings. The average molecular weight is 476 g/mol. The van der Waals surface area contributed by atoms with Crippen LogP contribution < -0.4 is 0 Å². The first kappa shape index (κ1) is 25.9. The molecule has 10 atom stereocenters. The van der Waals surface area contributed by atoms with Crippen molar-refractivity contribution in [3.8, 4) is 0 Å². The summed E-state index contributed by atoms with van der Waals surface area (Å²) < 4.78 is 5.56. The fraction of sp³-hybridized carbons (Fsp3) is 0.966. The third-order valence-electron chi connectivity index (χ3n) is 11.4. The highest BCUT2D eigenvalue weighted by Gasteiger charge is 2.65. The first-order valence-electron chi connectivity index (χ1n) is 14.3. The standard InChI is InChI=1S/C29H49NO4/c1-18(2)8-7-9-19(3)23-10-11-24-22-17-27(30(32)33)26-16-21(34-20(4)31)12-14-29(26,6)25(22)13-15-28(23,24)5/h18-19,21-27H,7-17H2,1-6H3/t19-,21-,22+,23-,24+,25+,26-,27+,28-,29-/m1/s1. The molecule has 4 aliphatic carbocycles. The van der Waals surface area contributed by atoms with Crippen molar-refractivity contribution in [2.75, 3.05) is 0 Å². The molecule has 0 aromatic heterocycles. The zero-order valence-electron chi connectivity index (χ0n) is 22.6. The van der Waals surface area contributed by atoms with Gasteiger partial charge in [0.15, 0.2) is 0 Å². The summed E-state index contributed by atoms with van der Waals surface area (Å²) in [6.07, 6.45) is 12.1. The molecule has 0 spiro atoms. The van der Waals surface area contributed by atoms with Crippen LogP contribution in [0.15, 0.2) is 0 Å². The molecule has 0 aromatic rings. The zero-order chi connectivity index (χ0) is 24.8. The largest absolute Gasteiger partial charge is 0.463 e. The molecular formula is C29H49NO4. The maximum atomic E-state index is 12.4. The number of carbonyl (C=O) groups excluding carboxylic acids is 1. The van der Waals surface area contributed by atoms with Crippen molar-refractivity contribution < 1.29 is 14.5 Å². The number of fused-ring (bicyclic) bond motifs is 5. The molecule has 0 bridgehead atoms. The Morgan fingerprint density at radius 2 is 1.65 bits per heavy atom. The predicted molar refractivity (Wildman–Crippen MR) is 135 cm³/mol. The van der Waals surface area contributed by atoms with Crippen LogP contribution in [-0.2, 0) is 9.53 Å². The number of carbonyl (C=O) groups is 1. The number of ether oxygens (including phenoxy) is 1. The average Bonchev–Trinajstić information content (AvgIpc) is 3.10. The van der Waals surface area contributed by atoms with E-state index in [4.69, 9.17) is 4.74 Å². The van der Waals surface area contributed by atoms with Crippen LogP contribution >= 0.6 is 0 Å². The van der Waals surface area contributed by atoms with E-state index in [-0.39, 0.29) is 28.3 Å². The van der Waals surface area contributed by atoms with Crippen LogP contribution in [0.1, 0.15) is 112 Å². The van der Waals surface area contributed by atoms with Crippen LogP contribution in [-0.4, -0.2) is 23.0 Å². The summed E-state index contributed by atoms with van der Waals surface area (Å²) in [6, 6.07) is -0.491. The second-order valence-electron chi connectivity index (χ2n) is 13.6. The van der Waals surface area contributed by atoms with E-state index in [1.165, 1.54) is 51.9 Å². The molecule has 5 nitrogen and oxygen atoms in total. The van der Waals surface area contributed by atoms with Crippen LogP contribution in [0.5, 0.6) is 0 Å². The maximum Gasteiger partial charge on any atom is 0.302 e. The predicted octanol–water partition coefficient (Wildman–Crippen LogP) is 7.29. The van der Waals surface area contributed by atoms with Crippen LogP contribution in [0.2, 0.25) is 0 Å². The van der Waals surface area contributed by atoms with Gasteiger partial charge < -0.3 is 4.74 Å². The Morgan fingerprint density at radius 1 is 0.971 bits per heavy atom. The normalized spacial score (nSPS) is 44.6. The van der Waals surface area contributed by atoms with E-state index in [0.717, 1.165) is 37.0 Å². The Hall–Kier alpha value is -1.13. The molecule has 0 N–H and O–H groups in total. The first-order chi connectivity index (χ1) is 16.0. The van der Waals surface area contributed by atoms with E-state index in [1.807, 2.05) is 0 Å². The van der Waals surface area contributed by atoms with Gasteiger partial charge in [0, 0.05) is 24.2 Å². The summed E-state index contributed by atoms with van der Waals surface area (Å²) in [7, 11) is 0. The number of hydrogen-bond acceptors (Lipinski definition) is 4. The van der Waals surface area contributed by atoms with Crippen LogP contribution in [0.25, 0.3) is 0 Å². The van der Waals surface area contributed by atoms with Crippen molar-refractivity contribution in [2.24, 2.45) is 52.3 Å². The molecule has 34 heavy (non-hydrogen) atoms. The minimum Gasteiger partial charge on any atom is -0.463 e. The number of rotatable bonds is 7. The lowest BCUT2D eigenvalue weighted by Gasteiger charge is -2.61. The number of nitrogens with zero attached hydrogens (tertiary/aromatic N) is 1. The fourth-order valence-corrected chi connectivity index (χ4v) is 9.86. The van der Waals surface area contributed by atoms with Gasteiger partial charge in [-0.2, -0.15) is 0 Å². The zero-order valence-corrected chi connectivity index (χ0v) is 22.6. The highest BCUT2D eigenvalue weighted by molar-refractivity contribution is 5.66. The minimum absolute atomic E-state index is 0.000397. The fourth-order valence-electron chi connectivity index (χ4n) is 9.86. The van der Waals surface area contributed by atoms with Gasteiger partial charge in [-0.05, 0) is 91.3 Å². The van der Waals surface area contributed by atoms with Crippen LogP contribution in [0.4, 0.5) is 0 Å². The van der Waals surface area contributed by atoms with Gasteiger partial charge in [0.2, 0.25) is 6.04 Å². The highest BCUT2D eigenvalue weighted by atomic mass is 16.6. The number of esters is 1. The summed E-state index contributed by atoms with van der Waals surface area (Å²) in [6.45, 7) is 13.5. The van der Waals surface area contributed by atoms with E-state index < -0.39 is 6.04 Å². The molecule has 4 saturated carbocycles. The lowest BCUT2D eigenvalue weighted by Crippen LogP contribution is -2.60. The molecule has 0 saturated heterocycles. The molecule has 0 heterocycles. The van der Waals surface area contributed by atoms with Crippen LogP contribution in [0.3, 0.4) is 0 Å². The Labute approximate surface area is 207 Å². The Balaban J connectivity index is 1.54. The van der Waals surface area contributed by atoms with Gasteiger partial charge >= 0.3 is 5.97 Å². The third kappa shape index (κ3) is 4.54. The van der Waals surface area contributed by atoms with Gasteiger partial charge in [-0.3, -0.25) is 14.9 Å². The smallest absolute Gasteiger partial charge is 0.302 e. The van der Waals surface area contributed by atoms with Gasteiger partial charge in [0.05, 0.1) is 0 Å². The third-order valence-corrected chi connectivity index (χ3v) is 11.4. The van der Waals surface area contributed by atoms with Gasteiger partial charge in [-0.1, -0.05) is 53.9 Å². The van der Waals surface area contributed by atoms with Crippen molar-refractivity contribution in [3.05, 3.63) is 10.1 Å². The molecule has 194 valence electrons. The van der Waals surface area contributed by atoms with E-state index >= 15 is 0 Å². The monoisotopic (exact) mass is 475 g/mol. The number of nitro groups is 1. The Kier molecular flexibility index (Phi) is 7.43. The molecule has 0 unspecified atom stereocenters. The lowest BCUT2D eigenvalue weighted by atomic mass is 9.43. The lowest BCUT2D eigenvalue weighted by molar-refractivity contribution is -0.547. The summed E-state index contributed by atoms with van der Waals surface area (Å²) in [5.74, 6) is 3.77. The quantitative estimate of drug-likeness (QED) is 0.220. The minimum atomic E-state index is -0.491. The second kappa shape index (κ2) is 9.73. The SMILES string of the molecule is CC(=O)O[C@@H]1CC[C@@]2(C)[C@H](C1)[C@@H]([N+](=O)[O-])C[C@@H]1[C@@H]2CC[C@]2(C)[C@@H]([C@H](C)CCCC(C)C)CC[C@@H]12. The Morgan fingerprint density at radius 3 is 2.29 bits per heavy atom. The van der Waals surface area contributed by atoms with Crippen molar-refractivity contribution >= 4 is 5.97 Å². The molecule has 0 radical (unpaired) electrons. The first-order valence-corrected chi connectivity index (χ1v) is 14.3. The summed E-state index contributed by atoms with van der Waals surface area (Å²) in [5, 5.41) is 12.4. The van der Waals surface area contributed by atoms with E-state index in [9.17, 15) is 14.9 Å². The summed E-state index contributed by atoms with van der Waals surface area (Å²) in [5.41, 5.74) is 0.345. The van der Waals surface area contributed by atoms with Crippen molar-refractivity contribution in [1.29, 1.82) is 0 Å². The van der Waals surface area contributed by atoms with Gasteiger partial charge in [0.1, 0.15) is 6.10 Å². The van der Waals surface area contributed by atoms with Gasteiger partial charge in [-0.25, -0.2) is 0 Å². The van der Waals surface area contributed by atoms with E-state index in [2.05, 4.69) is 34.6 Å². The molecule has 4 aliphatic rings. The molecule has 0 aromatic carbocycles. The van der Waals surface area contributed by atoms with Crippen molar-refractivity contribution in [2.45, 2.75) is 124 Å². The Bertz CT molecular complexity index is 767. The molecule has 0 amide bonds. The maximum absolute atomic E-state index is 12.4. The van der Waals surface area contributed by atoms with Gasteiger partial charge in [0.25, 0.3) is 0 Å². The van der Waals surface area contributed by atoms with E-state index in [0.29, 0.717) is 29.6 Å².